The van der Waals surface area contributed by atoms with Gasteiger partial charge in [0.05, 0.1) is 31.9 Å². The summed E-state index contributed by atoms with van der Waals surface area (Å²) in [5.74, 6) is 0.308. The lowest BCUT2D eigenvalue weighted by atomic mass is 10.1. The standard InChI is InChI=1S/C16H17NO5/c1-10-7-8-11(22-10)9-17-13-6-4-5-12(15(18)20-2)14(13)16(19)21-3/h4-8,17H,9H2,1-3H3. The summed E-state index contributed by atoms with van der Waals surface area (Å²) in [5, 5.41) is 3.08. The summed E-state index contributed by atoms with van der Waals surface area (Å²) in [6.07, 6.45) is 0. The number of aryl methyl sites for hydroxylation is 1. The fraction of sp³-hybridized carbons (Fsp3) is 0.250. The molecule has 0 amide bonds. The van der Waals surface area contributed by atoms with Gasteiger partial charge in [0.25, 0.3) is 0 Å². The maximum atomic E-state index is 12.0. The lowest BCUT2D eigenvalue weighted by molar-refractivity contribution is 0.0556. The number of ether oxygens (including phenoxy) is 2. The van der Waals surface area contributed by atoms with Crippen LogP contribution in [-0.2, 0) is 16.0 Å². The number of esters is 2. The second kappa shape index (κ2) is 6.80. The molecule has 0 saturated carbocycles. The van der Waals surface area contributed by atoms with Crippen LogP contribution in [0.2, 0.25) is 0 Å². The number of anilines is 1. The Kier molecular flexibility index (Phi) is 4.83. The Morgan fingerprint density at radius 2 is 1.82 bits per heavy atom. The number of carbonyl (C=O) groups excluding carboxylic acids is 2. The molecular weight excluding hydrogens is 286 g/mol. The molecule has 0 radical (unpaired) electrons. The maximum absolute atomic E-state index is 12.0. The van der Waals surface area contributed by atoms with Crippen LogP contribution < -0.4 is 5.32 Å². The first-order valence-corrected chi connectivity index (χ1v) is 6.65. The lowest BCUT2D eigenvalue weighted by Crippen LogP contribution is -2.15. The summed E-state index contributed by atoms with van der Waals surface area (Å²) in [6, 6.07) is 8.55. The van der Waals surface area contributed by atoms with E-state index in [2.05, 4.69) is 5.32 Å². The maximum Gasteiger partial charge on any atom is 0.340 e. The SMILES string of the molecule is COC(=O)c1cccc(NCc2ccc(C)o2)c1C(=O)OC. The monoisotopic (exact) mass is 303 g/mol. The Hall–Kier alpha value is -2.76. The van der Waals surface area contributed by atoms with E-state index in [9.17, 15) is 9.59 Å². The zero-order valence-corrected chi connectivity index (χ0v) is 12.6. The first-order chi connectivity index (χ1) is 10.6. The quantitative estimate of drug-likeness (QED) is 0.856. The van der Waals surface area contributed by atoms with Gasteiger partial charge in [-0.1, -0.05) is 6.07 Å². The van der Waals surface area contributed by atoms with E-state index >= 15 is 0 Å². The molecule has 6 heteroatoms. The van der Waals surface area contributed by atoms with Crippen LogP contribution >= 0.6 is 0 Å². The second-order valence-corrected chi connectivity index (χ2v) is 4.58. The molecule has 0 aliphatic carbocycles. The van der Waals surface area contributed by atoms with Gasteiger partial charge in [-0.3, -0.25) is 0 Å². The summed E-state index contributed by atoms with van der Waals surface area (Å²) < 4.78 is 14.9. The van der Waals surface area contributed by atoms with E-state index in [0.29, 0.717) is 12.2 Å². The predicted molar refractivity (Wildman–Crippen MR) is 79.9 cm³/mol. The molecular formula is C16H17NO5. The number of methoxy groups -OCH3 is 2. The minimum Gasteiger partial charge on any atom is -0.465 e. The average Bonchev–Trinajstić information content (AvgIpc) is 2.96. The summed E-state index contributed by atoms with van der Waals surface area (Å²) in [5.41, 5.74) is 0.763. The molecule has 0 aliphatic rings. The van der Waals surface area contributed by atoms with Gasteiger partial charge in [-0.2, -0.15) is 0 Å². The molecule has 0 fully saturated rings. The smallest absolute Gasteiger partial charge is 0.340 e. The third-order valence-electron chi connectivity index (χ3n) is 3.11. The Morgan fingerprint density at radius 3 is 2.41 bits per heavy atom. The van der Waals surface area contributed by atoms with Crippen molar-refractivity contribution < 1.29 is 23.5 Å². The van der Waals surface area contributed by atoms with Crippen molar-refractivity contribution in [1.29, 1.82) is 0 Å². The minimum atomic E-state index is -0.612. The Bertz CT molecular complexity index is 690. The van der Waals surface area contributed by atoms with Gasteiger partial charge in [0, 0.05) is 5.69 Å². The van der Waals surface area contributed by atoms with Crippen LogP contribution in [0.4, 0.5) is 5.69 Å². The van der Waals surface area contributed by atoms with Gasteiger partial charge in [-0.15, -0.1) is 0 Å². The Morgan fingerprint density at radius 1 is 1.09 bits per heavy atom. The van der Waals surface area contributed by atoms with Crippen molar-refractivity contribution in [2.24, 2.45) is 0 Å². The normalized spacial score (nSPS) is 10.1. The van der Waals surface area contributed by atoms with Crippen LogP contribution in [-0.4, -0.2) is 26.2 Å². The molecule has 1 heterocycles. The lowest BCUT2D eigenvalue weighted by Gasteiger charge is -2.13. The summed E-state index contributed by atoms with van der Waals surface area (Å²) in [7, 11) is 2.52. The molecule has 1 N–H and O–H groups in total. The van der Waals surface area contributed by atoms with Crippen molar-refractivity contribution in [2.45, 2.75) is 13.5 Å². The third kappa shape index (κ3) is 3.28. The second-order valence-electron chi connectivity index (χ2n) is 4.58. The fourth-order valence-electron chi connectivity index (χ4n) is 2.06. The molecule has 0 unspecified atom stereocenters. The van der Waals surface area contributed by atoms with Crippen molar-refractivity contribution in [3.8, 4) is 0 Å². The van der Waals surface area contributed by atoms with E-state index in [1.165, 1.54) is 20.3 Å². The minimum absolute atomic E-state index is 0.139. The highest BCUT2D eigenvalue weighted by Crippen LogP contribution is 2.23. The molecule has 6 nitrogen and oxygen atoms in total. The highest BCUT2D eigenvalue weighted by molar-refractivity contribution is 6.07. The van der Waals surface area contributed by atoms with Crippen molar-refractivity contribution in [1.82, 2.24) is 0 Å². The molecule has 1 aromatic heterocycles. The first-order valence-electron chi connectivity index (χ1n) is 6.65. The topological polar surface area (TPSA) is 77.8 Å². The van der Waals surface area contributed by atoms with Crippen LogP contribution in [0.1, 0.15) is 32.2 Å². The van der Waals surface area contributed by atoms with Crippen molar-refractivity contribution in [3.63, 3.8) is 0 Å². The molecule has 22 heavy (non-hydrogen) atoms. The van der Waals surface area contributed by atoms with E-state index in [1.54, 1.807) is 12.1 Å². The average molecular weight is 303 g/mol. The molecule has 0 atom stereocenters. The molecule has 0 aliphatic heterocycles. The van der Waals surface area contributed by atoms with Crippen molar-refractivity contribution >= 4 is 17.6 Å². The third-order valence-corrected chi connectivity index (χ3v) is 3.11. The summed E-state index contributed by atoms with van der Waals surface area (Å²) in [6.45, 7) is 2.23. The van der Waals surface area contributed by atoms with Gasteiger partial charge in [0.2, 0.25) is 0 Å². The van der Waals surface area contributed by atoms with Gasteiger partial charge >= 0.3 is 11.9 Å². The molecule has 2 aromatic rings. The number of hydrogen-bond donors (Lipinski definition) is 1. The van der Waals surface area contributed by atoms with Gasteiger partial charge in [0.1, 0.15) is 11.5 Å². The predicted octanol–water partition coefficient (Wildman–Crippen LogP) is 2.77. The van der Waals surface area contributed by atoms with Crippen LogP contribution in [0.5, 0.6) is 0 Å². The van der Waals surface area contributed by atoms with Crippen molar-refractivity contribution in [2.75, 3.05) is 19.5 Å². The number of furan rings is 1. The van der Waals surface area contributed by atoms with Gasteiger partial charge in [-0.05, 0) is 31.2 Å². The Labute approximate surface area is 128 Å². The van der Waals surface area contributed by atoms with Crippen LogP contribution in [0.25, 0.3) is 0 Å². The fourth-order valence-corrected chi connectivity index (χ4v) is 2.06. The van der Waals surface area contributed by atoms with E-state index in [4.69, 9.17) is 13.9 Å². The van der Waals surface area contributed by atoms with Gasteiger partial charge < -0.3 is 19.2 Å². The van der Waals surface area contributed by atoms with Crippen LogP contribution in [0, 0.1) is 6.92 Å². The van der Waals surface area contributed by atoms with Gasteiger partial charge in [0.15, 0.2) is 0 Å². The zero-order valence-electron chi connectivity index (χ0n) is 12.6. The number of hydrogen-bond acceptors (Lipinski definition) is 6. The number of rotatable bonds is 5. The summed E-state index contributed by atoms with van der Waals surface area (Å²) in [4.78, 5) is 23.8. The van der Waals surface area contributed by atoms with E-state index in [-0.39, 0.29) is 11.1 Å². The summed E-state index contributed by atoms with van der Waals surface area (Å²) >= 11 is 0. The van der Waals surface area contributed by atoms with E-state index < -0.39 is 11.9 Å². The number of carbonyl (C=O) groups is 2. The van der Waals surface area contributed by atoms with E-state index in [0.717, 1.165) is 11.5 Å². The molecule has 116 valence electrons. The number of nitrogens with one attached hydrogen (secondary N) is 1. The highest BCUT2D eigenvalue weighted by atomic mass is 16.5. The van der Waals surface area contributed by atoms with E-state index in [1.807, 2.05) is 19.1 Å². The largest absolute Gasteiger partial charge is 0.465 e. The molecule has 1 aromatic carbocycles. The molecule has 0 saturated heterocycles. The number of benzene rings is 1. The highest BCUT2D eigenvalue weighted by Gasteiger charge is 2.22. The molecule has 0 bridgehead atoms. The zero-order chi connectivity index (χ0) is 16.1. The molecule has 2 rings (SSSR count). The van der Waals surface area contributed by atoms with Crippen molar-refractivity contribution in [3.05, 3.63) is 53.0 Å². The van der Waals surface area contributed by atoms with Gasteiger partial charge in [-0.25, -0.2) is 9.59 Å². The van der Waals surface area contributed by atoms with Crippen LogP contribution in [0.15, 0.2) is 34.7 Å². The molecule has 0 spiro atoms. The first kappa shape index (κ1) is 15.6. The van der Waals surface area contributed by atoms with Crippen LogP contribution in [0.3, 0.4) is 0 Å². The Balaban J connectivity index is 2.33.